The van der Waals surface area contributed by atoms with E-state index in [0.717, 1.165) is 50.9 Å². The van der Waals surface area contributed by atoms with Gasteiger partial charge in [-0.1, -0.05) is 29.3 Å². The van der Waals surface area contributed by atoms with Crippen molar-refractivity contribution in [3.05, 3.63) is 28.2 Å². The second-order valence-electron chi connectivity index (χ2n) is 8.46. The second kappa shape index (κ2) is 8.68. The number of likely N-dealkylation sites (tertiary alicyclic amines) is 1. The van der Waals surface area contributed by atoms with E-state index in [1.54, 1.807) is 0 Å². The summed E-state index contributed by atoms with van der Waals surface area (Å²) < 4.78 is 0. The summed E-state index contributed by atoms with van der Waals surface area (Å²) in [6.45, 7) is 9.87. The highest BCUT2D eigenvalue weighted by molar-refractivity contribution is 6.43. The minimum absolute atomic E-state index is 0.115. The molecule has 2 heterocycles. The van der Waals surface area contributed by atoms with Gasteiger partial charge in [-0.05, 0) is 49.7 Å². The average Bonchev–Trinajstić information content (AvgIpc) is 3.24. The van der Waals surface area contributed by atoms with E-state index in [1.807, 2.05) is 24.0 Å². The molecule has 1 saturated carbocycles. The number of urea groups is 1. The summed E-state index contributed by atoms with van der Waals surface area (Å²) in [6, 6.07) is 5.98. The molecule has 2 unspecified atom stereocenters. The quantitative estimate of drug-likeness (QED) is 0.798. The van der Waals surface area contributed by atoms with Gasteiger partial charge in [-0.15, -0.1) is 0 Å². The van der Waals surface area contributed by atoms with Crippen molar-refractivity contribution in [1.29, 1.82) is 0 Å². The summed E-state index contributed by atoms with van der Waals surface area (Å²) in [5, 5.41) is 4.23. The molecule has 1 aliphatic carbocycles. The van der Waals surface area contributed by atoms with Crippen LogP contribution in [-0.2, 0) is 0 Å². The zero-order valence-electron chi connectivity index (χ0n) is 16.5. The lowest BCUT2D eigenvalue weighted by Crippen LogP contribution is -2.48. The lowest BCUT2D eigenvalue weighted by molar-refractivity contribution is 0.195. The Hall–Kier alpha value is -1.17. The standard InChI is InChI=1S/C21H30Cl2N4O/c1-2-24-21(28)27-13-16-10-15(11-17(16)14-27)12-25-6-8-26(9-7-25)19-5-3-4-18(22)20(19)23/h3-5,15-17H,2,6-14H2,1H3,(H,24,28). The predicted octanol–water partition coefficient (Wildman–Crippen LogP) is 3.80. The molecule has 28 heavy (non-hydrogen) atoms. The van der Waals surface area contributed by atoms with Crippen molar-refractivity contribution in [2.24, 2.45) is 17.8 Å². The molecule has 1 aromatic rings. The van der Waals surface area contributed by atoms with Crippen LogP contribution in [0, 0.1) is 17.8 Å². The van der Waals surface area contributed by atoms with Crippen molar-refractivity contribution in [2.75, 3.05) is 57.3 Å². The maximum atomic E-state index is 12.1. The Balaban J connectivity index is 1.24. The van der Waals surface area contributed by atoms with Gasteiger partial charge in [-0.2, -0.15) is 0 Å². The van der Waals surface area contributed by atoms with Gasteiger partial charge in [-0.25, -0.2) is 4.79 Å². The van der Waals surface area contributed by atoms with Crippen molar-refractivity contribution >= 4 is 34.9 Å². The minimum atomic E-state index is 0.115. The topological polar surface area (TPSA) is 38.8 Å². The van der Waals surface area contributed by atoms with Gasteiger partial charge in [0, 0.05) is 52.4 Å². The summed E-state index contributed by atoms with van der Waals surface area (Å²) in [4.78, 5) is 19.0. The van der Waals surface area contributed by atoms with Crippen LogP contribution in [0.25, 0.3) is 0 Å². The maximum Gasteiger partial charge on any atom is 0.317 e. The van der Waals surface area contributed by atoms with Crippen molar-refractivity contribution < 1.29 is 4.79 Å². The van der Waals surface area contributed by atoms with Crippen LogP contribution in [0.2, 0.25) is 10.0 Å². The first-order chi connectivity index (χ1) is 13.5. The van der Waals surface area contributed by atoms with Crippen molar-refractivity contribution in [2.45, 2.75) is 19.8 Å². The number of rotatable bonds is 4. The number of carbonyl (C=O) groups is 1. The van der Waals surface area contributed by atoms with E-state index in [2.05, 4.69) is 21.2 Å². The molecule has 2 aliphatic heterocycles. The first-order valence-electron chi connectivity index (χ1n) is 10.5. The Morgan fingerprint density at radius 2 is 1.79 bits per heavy atom. The molecule has 1 aromatic carbocycles. The van der Waals surface area contributed by atoms with Gasteiger partial charge in [-0.3, -0.25) is 4.90 Å². The van der Waals surface area contributed by atoms with E-state index in [9.17, 15) is 4.79 Å². The van der Waals surface area contributed by atoms with Crippen LogP contribution >= 0.6 is 23.2 Å². The fraction of sp³-hybridized carbons (Fsp3) is 0.667. The van der Waals surface area contributed by atoms with Crippen LogP contribution < -0.4 is 10.2 Å². The zero-order chi connectivity index (χ0) is 19.7. The van der Waals surface area contributed by atoms with Gasteiger partial charge in [0.2, 0.25) is 0 Å². The Kier molecular flexibility index (Phi) is 6.24. The van der Waals surface area contributed by atoms with E-state index in [0.29, 0.717) is 28.4 Å². The highest BCUT2D eigenvalue weighted by Gasteiger charge is 2.42. The molecule has 5 nitrogen and oxygen atoms in total. The first-order valence-corrected chi connectivity index (χ1v) is 11.2. The largest absolute Gasteiger partial charge is 0.368 e. The number of amides is 2. The summed E-state index contributed by atoms with van der Waals surface area (Å²) in [6.07, 6.45) is 2.53. The van der Waals surface area contributed by atoms with Crippen molar-refractivity contribution in [1.82, 2.24) is 15.1 Å². The summed E-state index contributed by atoms with van der Waals surface area (Å²) in [7, 11) is 0. The highest BCUT2D eigenvalue weighted by Crippen LogP contribution is 2.42. The van der Waals surface area contributed by atoms with Crippen LogP contribution in [0.3, 0.4) is 0 Å². The van der Waals surface area contributed by atoms with Gasteiger partial charge in [0.15, 0.2) is 0 Å². The van der Waals surface area contributed by atoms with E-state index in [-0.39, 0.29) is 6.03 Å². The number of hydrogen-bond donors (Lipinski definition) is 1. The van der Waals surface area contributed by atoms with E-state index >= 15 is 0 Å². The van der Waals surface area contributed by atoms with E-state index in [4.69, 9.17) is 23.2 Å². The average molecular weight is 425 g/mol. The molecule has 0 aromatic heterocycles. The smallest absolute Gasteiger partial charge is 0.317 e. The van der Waals surface area contributed by atoms with Crippen LogP contribution in [-0.4, -0.2) is 68.2 Å². The molecule has 7 heteroatoms. The lowest BCUT2D eigenvalue weighted by atomic mass is 10.0. The van der Waals surface area contributed by atoms with Crippen LogP contribution in [0.5, 0.6) is 0 Å². The fourth-order valence-electron chi connectivity index (χ4n) is 5.28. The Labute approximate surface area is 177 Å². The number of halogens is 2. The summed E-state index contributed by atoms with van der Waals surface area (Å²) >= 11 is 12.6. The number of nitrogens with one attached hydrogen (secondary N) is 1. The van der Waals surface area contributed by atoms with Gasteiger partial charge >= 0.3 is 6.03 Å². The molecule has 0 bridgehead atoms. The highest BCUT2D eigenvalue weighted by atomic mass is 35.5. The van der Waals surface area contributed by atoms with Crippen LogP contribution in [0.1, 0.15) is 19.8 Å². The van der Waals surface area contributed by atoms with E-state index < -0.39 is 0 Å². The molecule has 2 saturated heterocycles. The molecule has 154 valence electrons. The third kappa shape index (κ3) is 4.22. The Morgan fingerprint density at radius 1 is 1.11 bits per heavy atom. The number of carbonyl (C=O) groups excluding carboxylic acids is 1. The number of piperazine rings is 1. The molecule has 3 fully saturated rings. The van der Waals surface area contributed by atoms with Crippen molar-refractivity contribution in [3.8, 4) is 0 Å². The van der Waals surface area contributed by atoms with Crippen molar-refractivity contribution in [3.63, 3.8) is 0 Å². The summed E-state index contributed by atoms with van der Waals surface area (Å²) in [5.74, 6) is 2.16. The number of benzene rings is 1. The molecule has 1 N–H and O–H groups in total. The molecule has 2 atom stereocenters. The number of nitrogens with zero attached hydrogens (tertiary/aromatic N) is 3. The number of hydrogen-bond acceptors (Lipinski definition) is 3. The SMILES string of the molecule is CCNC(=O)N1CC2CC(CN3CCN(c4cccc(Cl)c4Cl)CC3)CC2C1. The lowest BCUT2D eigenvalue weighted by Gasteiger charge is -2.37. The van der Waals surface area contributed by atoms with Gasteiger partial charge in [0.25, 0.3) is 0 Å². The monoisotopic (exact) mass is 424 g/mol. The molecule has 4 rings (SSSR count). The maximum absolute atomic E-state index is 12.1. The molecule has 3 aliphatic rings. The predicted molar refractivity (Wildman–Crippen MR) is 115 cm³/mol. The van der Waals surface area contributed by atoms with E-state index in [1.165, 1.54) is 19.4 Å². The molecule has 0 spiro atoms. The normalized spacial score (nSPS) is 27.9. The van der Waals surface area contributed by atoms with Crippen LogP contribution in [0.4, 0.5) is 10.5 Å². The fourth-order valence-corrected chi connectivity index (χ4v) is 5.69. The van der Waals surface area contributed by atoms with Gasteiger partial charge < -0.3 is 15.1 Å². The molecule has 0 radical (unpaired) electrons. The van der Waals surface area contributed by atoms with Gasteiger partial charge in [0.1, 0.15) is 0 Å². The number of anilines is 1. The molecular weight excluding hydrogens is 395 g/mol. The Bertz CT molecular complexity index is 694. The molecule has 2 amide bonds. The molecular formula is C21H30Cl2N4O. The summed E-state index contributed by atoms with van der Waals surface area (Å²) in [5.41, 5.74) is 1.05. The second-order valence-corrected chi connectivity index (χ2v) is 9.24. The van der Waals surface area contributed by atoms with Gasteiger partial charge in [0.05, 0.1) is 15.7 Å². The van der Waals surface area contributed by atoms with Crippen LogP contribution in [0.15, 0.2) is 18.2 Å². The minimum Gasteiger partial charge on any atom is -0.368 e. The zero-order valence-corrected chi connectivity index (χ0v) is 18.1. The number of fused-ring (bicyclic) bond motifs is 1. The third-order valence-electron chi connectivity index (χ3n) is 6.62. The third-order valence-corrected chi connectivity index (χ3v) is 7.43. The Morgan fingerprint density at radius 3 is 2.43 bits per heavy atom. The first kappa shape index (κ1) is 20.1.